The number of aryl methyl sites for hydroxylation is 1. The number of hydrogen-bond donors (Lipinski definition) is 5. The number of carbonyl (C=O) groups excluding carboxylic acids is 4. The number of fused-ring (bicyclic) bond motifs is 2. The molecule has 0 radical (unpaired) electrons. The van der Waals surface area contributed by atoms with Gasteiger partial charge in [0.1, 0.15) is 34.9 Å². The molecule has 1 fully saturated rings. The molecule has 16 nitrogen and oxygen atoms in total. The number of nitrogens with zero attached hydrogens (tertiary/aromatic N) is 3. The van der Waals surface area contributed by atoms with E-state index in [0.29, 0.717) is 87.7 Å². The number of nitrogens with one attached hydrogen (secondary N) is 5. The summed E-state index contributed by atoms with van der Waals surface area (Å²) in [6.45, 7) is 8.39. The van der Waals surface area contributed by atoms with Crippen LogP contribution in [0.5, 0.6) is 0 Å². The van der Waals surface area contributed by atoms with Gasteiger partial charge in [0.25, 0.3) is 0 Å². The number of amides is 4. The average molecular weight is 817 g/mol. The predicted molar refractivity (Wildman–Crippen MR) is 218 cm³/mol. The van der Waals surface area contributed by atoms with Gasteiger partial charge in [0.15, 0.2) is 0 Å². The summed E-state index contributed by atoms with van der Waals surface area (Å²) >= 11 is 6.76. The van der Waals surface area contributed by atoms with Crippen LogP contribution in [-0.4, -0.2) is 88.2 Å². The quantitative estimate of drug-likeness (QED) is 0.0628. The first-order valence-corrected chi connectivity index (χ1v) is 19.7. The average Bonchev–Trinajstić information content (AvgIpc) is 4.00. The number of methoxy groups -OCH3 is 2. The Labute approximate surface area is 339 Å². The van der Waals surface area contributed by atoms with Crippen molar-refractivity contribution >= 4 is 57.5 Å². The fourth-order valence-electron chi connectivity index (χ4n) is 7.18. The second-order valence-corrected chi connectivity index (χ2v) is 15.5. The van der Waals surface area contributed by atoms with Crippen LogP contribution in [-0.2, 0) is 25.5 Å². The molecule has 4 heterocycles. The Morgan fingerprint density at radius 1 is 0.897 bits per heavy atom. The maximum Gasteiger partial charge on any atom is 0.407 e. The highest BCUT2D eigenvalue weighted by Gasteiger charge is 2.37. The minimum atomic E-state index is -0.744. The lowest BCUT2D eigenvalue weighted by Crippen LogP contribution is -2.51. The zero-order valence-electron chi connectivity index (χ0n) is 33.4. The number of aromatic amines is 2. The van der Waals surface area contributed by atoms with Crippen molar-refractivity contribution in [1.29, 1.82) is 0 Å². The van der Waals surface area contributed by atoms with E-state index >= 15 is 0 Å². The summed E-state index contributed by atoms with van der Waals surface area (Å²) in [5.74, 6) is 0.623. The van der Waals surface area contributed by atoms with Gasteiger partial charge < -0.3 is 44.7 Å². The number of unbranched alkanes of at least 4 members (excludes halogenated alkanes) is 1. The Balaban J connectivity index is 1.13. The second-order valence-electron chi connectivity index (χ2n) is 15.0. The number of likely N-dealkylation sites (tertiary alicyclic amines) is 1. The molecule has 0 aliphatic carbocycles. The van der Waals surface area contributed by atoms with Crippen LogP contribution < -0.4 is 21.4 Å². The molecule has 1 aliphatic heterocycles. The molecule has 5 aromatic rings. The fraction of sp³-hybridized carbons (Fsp3) is 0.439. The Hall–Kier alpha value is -5.90. The van der Waals surface area contributed by atoms with Crippen LogP contribution in [0.3, 0.4) is 0 Å². The number of rotatable bonds is 14. The number of imidazole rings is 2. The number of halogens is 1. The molecule has 58 heavy (non-hydrogen) atoms. The van der Waals surface area contributed by atoms with Crippen molar-refractivity contribution in [3.63, 3.8) is 0 Å². The first-order valence-electron chi connectivity index (χ1n) is 19.4. The number of hydrogen-bond acceptors (Lipinski definition) is 10. The molecule has 1 aliphatic rings. The van der Waals surface area contributed by atoms with Gasteiger partial charge in [-0.2, -0.15) is 0 Å². The molecule has 17 heteroatoms. The number of alkyl carbamates (subject to hydrolysis) is 2. The van der Waals surface area contributed by atoms with Crippen LogP contribution in [0.2, 0.25) is 5.02 Å². The summed E-state index contributed by atoms with van der Waals surface area (Å²) in [7, 11) is 2.52. The smallest absolute Gasteiger partial charge is 0.407 e. The number of H-pyrrole nitrogens is 2. The van der Waals surface area contributed by atoms with Crippen LogP contribution >= 0.6 is 11.6 Å². The standard InChI is InChI=1S/C41H49ClN8O8/c1-21(2)34(48-40(54)56-5)38(52)43-14-8-7-11-33-44-20-29(46-33)24-18-32-26(17-27(24)42)36(51)25-16-23(12-13-31(25)58-32)28-19-45-37(47-28)30-10-9-15-50(30)39(53)35(22(3)4)49-41(55)57-6/h12-13,16-22,30,34-35H,7-11,14-15H2,1-6H3,(H,43,52)(H,44,46)(H,45,47)(H,48,54)(H,49,55). The summed E-state index contributed by atoms with van der Waals surface area (Å²) in [6, 6.07) is 6.92. The van der Waals surface area contributed by atoms with Gasteiger partial charge in [-0.25, -0.2) is 19.6 Å². The van der Waals surface area contributed by atoms with Crippen molar-refractivity contribution in [1.82, 2.24) is 40.8 Å². The molecule has 308 valence electrons. The predicted octanol–water partition coefficient (Wildman–Crippen LogP) is 6.24. The van der Waals surface area contributed by atoms with Crippen molar-refractivity contribution in [3.8, 4) is 22.5 Å². The van der Waals surface area contributed by atoms with Crippen LogP contribution in [0.25, 0.3) is 44.5 Å². The number of benzene rings is 2. The van der Waals surface area contributed by atoms with Gasteiger partial charge in [-0.3, -0.25) is 14.4 Å². The van der Waals surface area contributed by atoms with Crippen LogP contribution in [0, 0.1) is 11.8 Å². The SMILES string of the molecule is COC(=O)NC(C(=O)NCCCCc1ncc(-c2cc3oc4ccc(-c5cnc(C6CCCN6C(=O)C(NC(=O)OC)C(C)C)[nH]5)cc4c(=O)c3cc2Cl)[nH]1)C(C)C. The lowest BCUT2D eigenvalue weighted by atomic mass is 10.0. The molecule has 4 amide bonds. The molecule has 3 unspecified atom stereocenters. The van der Waals surface area contributed by atoms with E-state index in [4.69, 9.17) is 20.8 Å². The van der Waals surface area contributed by atoms with Crippen LogP contribution in [0.15, 0.2) is 51.9 Å². The van der Waals surface area contributed by atoms with Gasteiger partial charge in [-0.05, 0) is 67.9 Å². The highest BCUT2D eigenvalue weighted by atomic mass is 35.5. The van der Waals surface area contributed by atoms with E-state index in [9.17, 15) is 24.0 Å². The van der Waals surface area contributed by atoms with E-state index < -0.39 is 24.3 Å². The molecule has 0 bridgehead atoms. The molecule has 2 aromatic carbocycles. The Bertz CT molecular complexity index is 2370. The number of carbonyl (C=O) groups is 4. The summed E-state index contributed by atoms with van der Waals surface area (Å²) in [5, 5.41) is 9.14. The summed E-state index contributed by atoms with van der Waals surface area (Å²) in [6.07, 6.45) is 5.60. The van der Waals surface area contributed by atoms with E-state index in [1.165, 1.54) is 14.2 Å². The fourth-order valence-corrected chi connectivity index (χ4v) is 7.45. The van der Waals surface area contributed by atoms with Crippen molar-refractivity contribution in [2.75, 3.05) is 27.3 Å². The van der Waals surface area contributed by atoms with Gasteiger partial charge in [-0.15, -0.1) is 0 Å². The van der Waals surface area contributed by atoms with Crippen LogP contribution in [0.4, 0.5) is 9.59 Å². The van der Waals surface area contributed by atoms with E-state index in [1.54, 1.807) is 41.6 Å². The monoisotopic (exact) mass is 816 g/mol. The largest absolute Gasteiger partial charge is 0.456 e. The summed E-state index contributed by atoms with van der Waals surface area (Å²) in [4.78, 5) is 81.2. The minimum absolute atomic E-state index is 0.108. The summed E-state index contributed by atoms with van der Waals surface area (Å²) < 4.78 is 15.6. The maximum absolute atomic E-state index is 13.9. The third kappa shape index (κ3) is 9.12. The van der Waals surface area contributed by atoms with E-state index in [2.05, 4.69) is 40.6 Å². The zero-order chi connectivity index (χ0) is 41.7. The van der Waals surface area contributed by atoms with E-state index in [-0.39, 0.29) is 35.1 Å². The number of aromatic nitrogens is 4. The lowest BCUT2D eigenvalue weighted by molar-refractivity contribution is -0.135. The molecular weight excluding hydrogens is 768 g/mol. The van der Waals surface area contributed by atoms with Gasteiger partial charge in [0.05, 0.1) is 59.8 Å². The molecule has 3 aromatic heterocycles. The third-order valence-corrected chi connectivity index (χ3v) is 10.7. The highest BCUT2D eigenvalue weighted by Crippen LogP contribution is 2.35. The molecule has 3 atom stereocenters. The third-order valence-electron chi connectivity index (χ3n) is 10.4. The summed E-state index contributed by atoms with van der Waals surface area (Å²) in [5.41, 5.74) is 3.21. The normalized spacial score (nSPS) is 15.2. The Morgan fingerprint density at radius 2 is 1.59 bits per heavy atom. The van der Waals surface area contributed by atoms with Gasteiger partial charge in [0, 0.05) is 30.6 Å². The second kappa shape index (κ2) is 18.1. The van der Waals surface area contributed by atoms with E-state index in [1.807, 2.05) is 33.8 Å². The van der Waals surface area contributed by atoms with Crippen molar-refractivity contribution in [2.24, 2.45) is 11.8 Å². The highest BCUT2D eigenvalue weighted by molar-refractivity contribution is 6.34. The molecule has 1 saturated heterocycles. The Morgan fingerprint density at radius 3 is 2.29 bits per heavy atom. The van der Waals surface area contributed by atoms with Crippen molar-refractivity contribution < 1.29 is 33.1 Å². The first kappa shape index (κ1) is 41.7. The van der Waals surface area contributed by atoms with Crippen LogP contribution in [0.1, 0.15) is 71.1 Å². The molecule has 0 spiro atoms. The first-order chi connectivity index (χ1) is 27.8. The minimum Gasteiger partial charge on any atom is -0.456 e. The number of ether oxygens (including phenoxy) is 2. The molecule has 6 rings (SSSR count). The Kier molecular flexibility index (Phi) is 13.0. The molecule has 5 N–H and O–H groups in total. The van der Waals surface area contributed by atoms with Gasteiger partial charge >= 0.3 is 12.2 Å². The van der Waals surface area contributed by atoms with Crippen molar-refractivity contribution in [3.05, 3.63) is 69.6 Å². The van der Waals surface area contributed by atoms with E-state index in [0.717, 1.165) is 18.7 Å². The molecule has 0 saturated carbocycles. The van der Waals surface area contributed by atoms with Crippen molar-refractivity contribution in [2.45, 2.75) is 77.9 Å². The van der Waals surface area contributed by atoms with Gasteiger partial charge in [0.2, 0.25) is 17.2 Å². The zero-order valence-corrected chi connectivity index (χ0v) is 34.1. The lowest BCUT2D eigenvalue weighted by Gasteiger charge is -2.30. The van der Waals surface area contributed by atoms with Gasteiger partial charge in [-0.1, -0.05) is 39.3 Å². The maximum atomic E-state index is 13.9. The molecular formula is C41H49ClN8O8. The topological polar surface area (TPSA) is 214 Å².